The summed E-state index contributed by atoms with van der Waals surface area (Å²) in [7, 11) is 3.16. The van der Waals surface area contributed by atoms with Crippen molar-refractivity contribution in [2.45, 2.75) is 25.4 Å². The summed E-state index contributed by atoms with van der Waals surface area (Å²) in [4.78, 5) is 16.2. The highest BCUT2D eigenvalue weighted by Gasteiger charge is 2.33. The number of amides is 1. The van der Waals surface area contributed by atoms with E-state index in [0.717, 1.165) is 17.3 Å². The lowest BCUT2D eigenvalue weighted by atomic mass is 10.1. The van der Waals surface area contributed by atoms with Gasteiger partial charge < -0.3 is 14.4 Å². The molecule has 1 saturated carbocycles. The Kier molecular flexibility index (Phi) is 4.92. The molecule has 23 heavy (non-hydrogen) atoms. The third kappa shape index (κ3) is 3.53. The van der Waals surface area contributed by atoms with E-state index in [1.54, 1.807) is 37.7 Å². The SMILES string of the molecule is COc1cc(C(=O)N(Cc2cccs2)C2CC2)cc(OC)c1Br. The predicted molar refractivity (Wildman–Crippen MR) is 94.5 cm³/mol. The summed E-state index contributed by atoms with van der Waals surface area (Å²) < 4.78 is 11.4. The first-order valence-corrected chi connectivity index (χ1v) is 9.06. The van der Waals surface area contributed by atoms with E-state index in [0.29, 0.717) is 29.6 Å². The van der Waals surface area contributed by atoms with Crippen molar-refractivity contribution in [3.8, 4) is 11.5 Å². The van der Waals surface area contributed by atoms with Crippen LogP contribution in [0, 0.1) is 0 Å². The fourth-order valence-electron chi connectivity index (χ4n) is 2.48. The van der Waals surface area contributed by atoms with Crippen LogP contribution in [0.4, 0.5) is 0 Å². The van der Waals surface area contributed by atoms with Gasteiger partial charge in [0.05, 0.1) is 20.8 Å². The molecule has 1 aromatic carbocycles. The Morgan fingerprint density at radius 2 is 1.96 bits per heavy atom. The van der Waals surface area contributed by atoms with Gasteiger partial charge in [0.15, 0.2) is 0 Å². The van der Waals surface area contributed by atoms with Crippen molar-refractivity contribution in [2.75, 3.05) is 14.2 Å². The molecular weight excluding hydrogens is 378 g/mol. The van der Waals surface area contributed by atoms with Crippen LogP contribution in [-0.4, -0.2) is 31.1 Å². The molecule has 3 rings (SSSR count). The van der Waals surface area contributed by atoms with Gasteiger partial charge in [0.2, 0.25) is 0 Å². The van der Waals surface area contributed by atoms with Gasteiger partial charge in [-0.15, -0.1) is 11.3 Å². The maximum Gasteiger partial charge on any atom is 0.254 e. The molecule has 1 amide bonds. The normalized spacial score (nSPS) is 13.7. The van der Waals surface area contributed by atoms with Gasteiger partial charge in [-0.2, -0.15) is 0 Å². The van der Waals surface area contributed by atoms with Crippen LogP contribution in [0.25, 0.3) is 0 Å². The number of nitrogens with zero attached hydrogens (tertiary/aromatic N) is 1. The van der Waals surface area contributed by atoms with E-state index in [1.807, 2.05) is 16.3 Å². The van der Waals surface area contributed by atoms with Crippen molar-refractivity contribution >= 4 is 33.2 Å². The number of rotatable bonds is 6. The maximum atomic E-state index is 13.0. The molecule has 0 spiro atoms. The molecule has 0 bridgehead atoms. The first-order valence-electron chi connectivity index (χ1n) is 7.39. The van der Waals surface area contributed by atoms with Crippen molar-refractivity contribution in [3.63, 3.8) is 0 Å². The Bertz CT molecular complexity index is 673. The topological polar surface area (TPSA) is 38.8 Å². The molecular formula is C17H18BrNO3S. The molecule has 4 nitrogen and oxygen atoms in total. The van der Waals surface area contributed by atoms with Crippen LogP contribution in [0.1, 0.15) is 28.1 Å². The fourth-order valence-corrected chi connectivity index (χ4v) is 3.74. The molecule has 1 aliphatic rings. The summed E-state index contributed by atoms with van der Waals surface area (Å²) in [6.45, 7) is 0.655. The van der Waals surface area contributed by atoms with Crippen molar-refractivity contribution < 1.29 is 14.3 Å². The van der Waals surface area contributed by atoms with Crippen molar-refractivity contribution in [1.29, 1.82) is 0 Å². The molecule has 2 aromatic rings. The van der Waals surface area contributed by atoms with E-state index in [4.69, 9.17) is 9.47 Å². The smallest absolute Gasteiger partial charge is 0.254 e. The molecule has 0 radical (unpaired) electrons. The molecule has 1 aliphatic carbocycles. The largest absolute Gasteiger partial charge is 0.495 e. The lowest BCUT2D eigenvalue weighted by Crippen LogP contribution is -2.32. The van der Waals surface area contributed by atoms with E-state index in [2.05, 4.69) is 22.0 Å². The van der Waals surface area contributed by atoms with Crippen molar-refractivity contribution in [1.82, 2.24) is 4.90 Å². The molecule has 0 atom stereocenters. The monoisotopic (exact) mass is 395 g/mol. The third-order valence-electron chi connectivity index (χ3n) is 3.85. The average Bonchev–Trinajstić information content (AvgIpc) is 3.28. The highest BCUT2D eigenvalue weighted by Crippen LogP contribution is 2.37. The first-order chi connectivity index (χ1) is 11.1. The molecule has 0 aliphatic heterocycles. The summed E-state index contributed by atoms with van der Waals surface area (Å²) in [6.07, 6.45) is 2.14. The second-order valence-electron chi connectivity index (χ2n) is 5.44. The molecule has 1 aromatic heterocycles. The number of carbonyl (C=O) groups is 1. The van der Waals surface area contributed by atoms with E-state index >= 15 is 0 Å². The third-order valence-corrected chi connectivity index (χ3v) is 5.49. The predicted octanol–water partition coefficient (Wildman–Crippen LogP) is 4.33. The zero-order chi connectivity index (χ0) is 16.4. The average molecular weight is 396 g/mol. The maximum absolute atomic E-state index is 13.0. The number of halogens is 1. The first kappa shape index (κ1) is 16.3. The van der Waals surface area contributed by atoms with Gasteiger partial charge in [0.1, 0.15) is 16.0 Å². The fraction of sp³-hybridized carbons (Fsp3) is 0.353. The van der Waals surface area contributed by atoms with Crippen molar-refractivity contribution in [3.05, 3.63) is 44.6 Å². The Balaban J connectivity index is 1.90. The number of hydrogen-bond donors (Lipinski definition) is 0. The molecule has 0 N–H and O–H groups in total. The second-order valence-corrected chi connectivity index (χ2v) is 7.26. The summed E-state index contributed by atoms with van der Waals surface area (Å²) >= 11 is 5.11. The summed E-state index contributed by atoms with van der Waals surface area (Å²) in [5.74, 6) is 1.21. The number of hydrogen-bond acceptors (Lipinski definition) is 4. The summed E-state index contributed by atoms with van der Waals surface area (Å²) in [5, 5.41) is 2.04. The molecule has 6 heteroatoms. The van der Waals surface area contributed by atoms with Gasteiger partial charge in [0, 0.05) is 16.5 Å². The van der Waals surface area contributed by atoms with Crippen molar-refractivity contribution in [2.24, 2.45) is 0 Å². The zero-order valence-corrected chi connectivity index (χ0v) is 15.4. The van der Waals surface area contributed by atoms with Crippen LogP contribution >= 0.6 is 27.3 Å². The van der Waals surface area contributed by atoms with E-state index in [-0.39, 0.29) is 5.91 Å². The second kappa shape index (κ2) is 6.93. The van der Waals surface area contributed by atoms with Gasteiger partial charge in [-0.1, -0.05) is 6.07 Å². The van der Waals surface area contributed by atoms with Crippen LogP contribution < -0.4 is 9.47 Å². The minimum Gasteiger partial charge on any atom is -0.495 e. The number of ether oxygens (including phenoxy) is 2. The molecule has 0 saturated heterocycles. The Labute approximate surface area is 148 Å². The zero-order valence-electron chi connectivity index (χ0n) is 13.0. The van der Waals surface area contributed by atoms with Gasteiger partial charge in [-0.25, -0.2) is 0 Å². The Morgan fingerprint density at radius 1 is 1.30 bits per heavy atom. The molecule has 0 unspecified atom stereocenters. The lowest BCUT2D eigenvalue weighted by molar-refractivity contribution is 0.0731. The number of methoxy groups -OCH3 is 2. The number of thiophene rings is 1. The van der Waals surface area contributed by atoms with Gasteiger partial charge in [-0.05, 0) is 52.4 Å². The minimum absolute atomic E-state index is 0.0185. The summed E-state index contributed by atoms with van der Waals surface area (Å²) in [5.41, 5.74) is 0.588. The highest BCUT2D eigenvalue weighted by atomic mass is 79.9. The van der Waals surface area contributed by atoms with Crippen LogP contribution in [0.15, 0.2) is 34.1 Å². The van der Waals surface area contributed by atoms with E-state index in [9.17, 15) is 4.79 Å². The van der Waals surface area contributed by atoms with Gasteiger partial charge in [0.25, 0.3) is 5.91 Å². The molecule has 122 valence electrons. The molecule has 1 heterocycles. The van der Waals surface area contributed by atoms with Gasteiger partial charge in [-0.3, -0.25) is 4.79 Å². The van der Waals surface area contributed by atoms with Crippen LogP contribution in [0.3, 0.4) is 0 Å². The summed E-state index contributed by atoms with van der Waals surface area (Å²) in [6, 6.07) is 7.94. The van der Waals surface area contributed by atoms with E-state index < -0.39 is 0 Å². The van der Waals surface area contributed by atoms with Crippen LogP contribution in [0.5, 0.6) is 11.5 Å². The van der Waals surface area contributed by atoms with Crippen LogP contribution in [0.2, 0.25) is 0 Å². The Hall–Kier alpha value is -1.53. The standard InChI is InChI=1S/C17H18BrNO3S/c1-21-14-8-11(9-15(22-2)16(14)18)17(20)19(12-5-6-12)10-13-4-3-7-23-13/h3-4,7-9,12H,5-6,10H2,1-2H3. The quantitative estimate of drug-likeness (QED) is 0.730. The highest BCUT2D eigenvalue weighted by molar-refractivity contribution is 9.10. The van der Waals surface area contributed by atoms with Crippen LogP contribution in [-0.2, 0) is 6.54 Å². The molecule has 1 fully saturated rings. The Morgan fingerprint density at radius 3 is 2.43 bits per heavy atom. The number of carbonyl (C=O) groups excluding carboxylic acids is 1. The lowest BCUT2D eigenvalue weighted by Gasteiger charge is -2.22. The van der Waals surface area contributed by atoms with Gasteiger partial charge >= 0.3 is 0 Å². The minimum atomic E-state index is 0.0185. The van der Waals surface area contributed by atoms with E-state index in [1.165, 1.54) is 4.88 Å². The number of benzene rings is 1.